The molecule has 0 aliphatic heterocycles. The highest BCUT2D eigenvalue weighted by atomic mass is 32.2. The van der Waals surface area contributed by atoms with Gasteiger partial charge in [-0.2, -0.15) is 8.42 Å². The van der Waals surface area contributed by atoms with Crippen molar-refractivity contribution in [3.8, 4) is 5.88 Å². The van der Waals surface area contributed by atoms with Crippen LogP contribution in [-0.4, -0.2) is 54.4 Å². The number of amides is 1. The van der Waals surface area contributed by atoms with Crippen molar-refractivity contribution in [2.45, 2.75) is 38.3 Å². The third-order valence-electron chi connectivity index (χ3n) is 5.29. The normalized spacial score (nSPS) is 11.3. The Morgan fingerprint density at radius 1 is 1.03 bits per heavy atom. The van der Waals surface area contributed by atoms with E-state index in [2.05, 4.69) is 15.0 Å². The summed E-state index contributed by atoms with van der Waals surface area (Å²) in [4.78, 5) is 27.4. The Bertz CT molecular complexity index is 1180. The first-order valence-corrected chi connectivity index (χ1v) is 12.4. The molecule has 10 heteroatoms. The van der Waals surface area contributed by atoms with Gasteiger partial charge in [0.1, 0.15) is 6.54 Å². The molecule has 9 nitrogen and oxygen atoms in total. The molecular formula is C24H29N5O4S. The van der Waals surface area contributed by atoms with Crippen molar-refractivity contribution in [3.05, 3.63) is 72.3 Å². The highest BCUT2D eigenvalue weighted by Gasteiger charge is 2.30. The van der Waals surface area contributed by atoms with E-state index in [1.807, 2.05) is 32.9 Å². The van der Waals surface area contributed by atoms with Gasteiger partial charge in [-0.3, -0.25) is 14.1 Å². The van der Waals surface area contributed by atoms with E-state index in [9.17, 15) is 13.2 Å². The molecule has 0 fully saturated rings. The first-order valence-electron chi connectivity index (χ1n) is 10.9. The van der Waals surface area contributed by atoms with Gasteiger partial charge in [0.2, 0.25) is 11.8 Å². The Labute approximate surface area is 200 Å². The van der Waals surface area contributed by atoms with Crippen LogP contribution in [0.4, 0.5) is 5.69 Å². The summed E-state index contributed by atoms with van der Waals surface area (Å²) >= 11 is 0. The van der Waals surface area contributed by atoms with Crippen LogP contribution < -0.4 is 9.04 Å². The second-order valence-electron chi connectivity index (χ2n) is 7.88. The Kier molecular flexibility index (Phi) is 8.17. The molecule has 180 valence electrons. The fourth-order valence-electron chi connectivity index (χ4n) is 3.24. The quantitative estimate of drug-likeness (QED) is 0.436. The van der Waals surface area contributed by atoms with E-state index in [1.165, 1.54) is 19.4 Å². The summed E-state index contributed by atoms with van der Waals surface area (Å²) in [5.41, 5.74) is 1.86. The first kappa shape index (κ1) is 25.1. The van der Waals surface area contributed by atoms with Crippen molar-refractivity contribution in [2.75, 3.05) is 24.5 Å². The molecule has 3 aromatic rings. The summed E-state index contributed by atoms with van der Waals surface area (Å²) in [6, 6.07) is 11.7. The first-order chi connectivity index (χ1) is 16.3. The van der Waals surface area contributed by atoms with Gasteiger partial charge >= 0.3 is 0 Å². The standard InChI is InChI=1S/C24H29N5O4S/c1-5-28(16-20-8-6-7-13-25-20)24(30)17-29(21-10-11-22(33-4)26-15-21)34(31,32)23-12-9-19(14-27-23)18(2)3/h6-15,18H,5,16-17H2,1-4H3. The number of likely N-dealkylation sites (N-methyl/N-ethyl adjacent to an activating group) is 1. The van der Waals surface area contributed by atoms with E-state index >= 15 is 0 Å². The van der Waals surface area contributed by atoms with Crippen LogP contribution >= 0.6 is 0 Å². The van der Waals surface area contributed by atoms with Crippen molar-refractivity contribution < 1.29 is 17.9 Å². The van der Waals surface area contributed by atoms with Crippen LogP contribution in [0.1, 0.15) is 37.9 Å². The maximum Gasteiger partial charge on any atom is 0.282 e. The van der Waals surface area contributed by atoms with Crippen LogP contribution in [0.2, 0.25) is 0 Å². The second-order valence-corrected chi connectivity index (χ2v) is 9.69. The van der Waals surface area contributed by atoms with E-state index in [-0.39, 0.29) is 29.1 Å². The minimum atomic E-state index is -4.15. The monoisotopic (exact) mass is 483 g/mol. The Balaban J connectivity index is 1.95. The molecule has 3 aromatic heterocycles. The van der Waals surface area contributed by atoms with Gasteiger partial charge in [0, 0.05) is 25.0 Å². The summed E-state index contributed by atoms with van der Waals surface area (Å²) < 4.78 is 33.3. The van der Waals surface area contributed by atoms with Gasteiger partial charge in [-0.05, 0) is 42.7 Å². The topological polar surface area (TPSA) is 106 Å². The molecule has 3 rings (SSSR count). The van der Waals surface area contributed by atoms with E-state index < -0.39 is 16.6 Å². The number of hydrogen-bond acceptors (Lipinski definition) is 7. The fourth-order valence-corrected chi connectivity index (χ4v) is 4.56. The van der Waals surface area contributed by atoms with Crippen molar-refractivity contribution >= 4 is 21.6 Å². The number of nitrogens with zero attached hydrogens (tertiary/aromatic N) is 5. The fraction of sp³-hybridized carbons (Fsp3) is 0.333. The number of sulfonamides is 1. The minimum Gasteiger partial charge on any atom is -0.481 e. The molecule has 0 atom stereocenters. The summed E-state index contributed by atoms with van der Waals surface area (Å²) in [5.74, 6) is 0.168. The molecule has 0 spiro atoms. The molecule has 0 aliphatic carbocycles. The van der Waals surface area contributed by atoms with Gasteiger partial charge in [0.05, 0.1) is 31.2 Å². The average molecular weight is 484 g/mol. The zero-order chi connectivity index (χ0) is 24.7. The number of methoxy groups -OCH3 is 1. The SMILES string of the molecule is CCN(Cc1ccccn1)C(=O)CN(c1ccc(OC)nc1)S(=O)(=O)c1ccc(C(C)C)cn1. The van der Waals surface area contributed by atoms with Crippen LogP contribution in [0.5, 0.6) is 5.88 Å². The molecule has 0 aliphatic rings. The Hall–Kier alpha value is -3.53. The largest absolute Gasteiger partial charge is 0.481 e. The Morgan fingerprint density at radius 3 is 2.35 bits per heavy atom. The van der Waals surface area contributed by atoms with Gasteiger partial charge in [0.25, 0.3) is 10.0 Å². The smallest absolute Gasteiger partial charge is 0.282 e. The molecule has 0 saturated carbocycles. The molecule has 0 unspecified atom stereocenters. The molecule has 34 heavy (non-hydrogen) atoms. The molecule has 1 amide bonds. The van der Waals surface area contributed by atoms with Crippen molar-refractivity contribution in [2.24, 2.45) is 0 Å². The van der Waals surface area contributed by atoms with Crippen molar-refractivity contribution in [1.82, 2.24) is 19.9 Å². The lowest BCUT2D eigenvalue weighted by atomic mass is 10.1. The summed E-state index contributed by atoms with van der Waals surface area (Å²) in [6.07, 6.45) is 4.56. The number of aromatic nitrogens is 3. The van der Waals surface area contributed by atoms with Crippen LogP contribution in [0.25, 0.3) is 0 Å². The third-order valence-corrected chi connectivity index (χ3v) is 6.98. The molecule has 0 N–H and O–H groups in total. The van der Waals surface area contributed by atoms with Gasteiger partial charge in [-0.1, -0.05) is 26.0 Å². The lowest BCUT2D eigenvalue weighted by Crippen LogP contribution is -2.43. The average Bonchev–Trinajstić information content (AvgIpc) is 2.86. The third kappa shape index (κ3) is 5.88. The highest BCUT2D eigenvalue weighted by Crippen LogP contribution is 2.25. The Morgan fingerprint density at radius 2 is 1.82 bits per heavy atom. The molecule has 0 saturated heterocycles. The van der Waals surface area contributed by atoms with Crippen LogP contribution in [-0.2, 0) is 21.4 Å². The zero-order valence-electron chi connectivity index (χ0n) is 19.7. The van der Waals surface area contributed by atoms with Crippen molar-refractivity contribution in [1.29, 1.82) is 0 Å². The number of carbonyl (C=O) groups excluding carboxylic acids is 1. The zero-order valence-corrected chi connectivity index (χ0v) is 20.6. The minimum absolute atomic E-state index is 0.145. The van der Waals surface area contributed by atoms with Crippen molar-refractivity contribution in [3.63, 3.8) is 0 Å². The van der Waals surface area contributed by atoms with Crippen LogP contribution in [0.3, 0.4) is 0 Å². The van der Waals surface area contributed by atoms with E-state index in [0.29, 0.717) is 18.1 Å². The number of hydrogen-bond donors (Lipinski definition) is 0. The molecular weight excluding hydrogens is 454 g/mol. The molecule has 3 heterocycles. The van der Waals surface area contributed by atoms with Crippen LogP contribution in [0.15, 0.2) is 66.1 Å². The summed E-state index contributed by atoms with van der Waals surface area (Å²) in [6.45, 7) is 6.09. The van der Waals surface area contributed by atoms with Gasteiger partial charge < -0.3 is 9.64 Å². The predicted molar refractivity (Wildman–Crippen MR) is 129 cm³/mol. The maximum atomic E-state index is 13.6. The number of rotatable bonds is 10. The molecule has 0 aromatic carbocycles. The number of ether oxygens (including phenoxy) is 1. The maximum absolute atomic E-state index is 13.6. The lowest BCUT2D eigenvalue weighted by Gasteiger charge is -2.27. The van der Waals surface area contributed by atoms with E-state index in [4.69, 9.17) is 4.74 Å². The molecule has 0 radical (unpaired) electrons. The van der Waals surface area contributed by atoms with Crippen LogP contribution in [0, 0.1) is 0 Å². The van der Waals surface area contributed by atoms with E-state index in [0.717, 1.165) is 9.87 Å². The lowest BCUT2D eigenvalue weighted by molar-refractivity contribution is -0.130. The van der Waals surface area contributed by atoms with Gasteiger partial charge in [0.15, 0.2) is 5.03 Å². The summed E-state index contributed by atoms with van der Waals surface area (Å²) in [7, 11) is -2.68. The number of pyridine rings is 3. The van der Waals surface area contributed by atoms with Gasteiger partial charge in [-0.25, -0.2) is 9.97 Å². The highest BCUT2D eigenvalue weighted by molar-refractivity contribution is 7.92. The predicted octanol–water partition coefficient (Wildman–Crippen LogP) is 3.25. The number of carbonyl (C=O) groups is 1. The van der Waals surface area contributed by atoms with Gasteiger partial charge in [-0.15, -0.1) is 0 Å². The molecule has 0 bridgehead atoms. The number of anilines is 1. The second kappa shape index (κ2) is 11.1. The van der Waals surface area contributed by atoms with E-state index in [1.54, 1.807) is 41.6 Å². The summed E-state index contributed by atoms with van der Waals surface area (Å²) in [5, 5.41) is -0.145.